The first-order valence-corrected chi connectivity index (χ1v) is 11.5. The maximum atomic E-state index is 14.0. The van der Waals surface area contributed by atoms with Gasteiger partial charge in [-0.1, -0.05) is 37.2 Å². The zero-order valence-electron chi connectivity index (χ0n) is 19.6. The molecule has 4 heterocycles. The summed E-state index contributed by atoms with van der Waals surface area (Å²) in [4.78, 5) is 21.0. The lowest BCUT2D eigenvalue weighted by atomic mass is 9.80. The van der Waals surface area contributed by atoms with E-state index in [4.69, 9.17) is 6.42 Å². The normalized spacial score (nSPS) is 12.1. The predicted octanol–water partition coefficient (Wildman–Crippen LogP) is 3.75. The zero-order valence-corrected chi connectivity index (χ0v) is 20.4. The number of pyridine rings is 2. The van der Waals surface area contributed by atoms with Crippen LogP contribution < -0.4 is 5.32 Å². The van der Waals surface area contributed by atoms with Gasteiger partial charge >= 0.3 is 0 Å². The highest BCUT2D eigenvalue weighted by Crippen LogP contribution is 2.30. The fraction of sp³-hybridized carbons (Fsp3) is 0.250. The first-order chi connectivity index (χ1) is 16.8. The minimum absolute atomic E-state index is 0.00870. The second kappa shape index (κ2) is 10.9. The molecule has 0 aromatic carbocycles. The number of rotatable bonds is 6. The Bertz CT molecular complexity index is 1380. The van der Waals surface area contributed by atoms with E-state index in [1.807, 2.05) is 33.0 Å². The molecule has 4 rings (SSSR count). The summed E-state index contributed by atoms with van der Waals surface area (Å²) in [6, 6.07) is 6.04. The van der Waals surface area contributed by atoms with Crippen LogP contribution in [0.4, 0.5) is 8.78 Å². The van der Waals surface area contributed by atoms with Gasteiger partial charge in [0.1, 0.15) is 17.2 Å². The highest BCUT2D eigenvalue weighted by atomic mass is 32.1. The summed E-state index contributed by atoms with van der Waals surface area (Å²) >= 11 is 0.849. The minimum Gasteiger partial charge on any atom is -0.349 e. The largest absolute Gasteiger partial charge is 0.349 e. The SMILES string of the molecule is C#Cc1cccc(C(C)(CNC(=O)c2nnc(-c3ncc(F)cc3F)s2)c2cnn(C)c2)n1.CC. The second-order valence-electron chi connectivity index (χ2n) is 7.37. The van der Waals surface area contributed by atoms with Crippen LogP contribution in [-0.2, 0) is 12.5 Å². The number of carbonyl (C=O) groups is 1. The molecule has 1 unspecified atom stereocenters. The fourth-order valence-corrected chi connectivity index (χ4v) is 3.94. The lowest BCUT2D eigenvalue weighted by Gasteiger charge is -2.28. The van der Waals surface area contributed by atoms with Gasteiger partial charge in [0.25, 0.3) is 5.91 Å². The topological polar surface area (TPSA) is 98.5 Å². The Hall–Kier alpha value is -4.04. The molecule has 0 aliphatic rings. The third-order valence-electron chi connectivity index (χ3n) is 5.04. The van der Waals surface area contributed by atoms with Crippen LogP contribution in [0.5, 0.6) is 0 Å². The van der Waals surface area contributed by atoms with Crippen molar-refractivity contribution in [3.8, 4) is 23.0 Å². The average Bonchev–Trinajstić information content (AvgIpc) is 3.53. The van der Waals surface area contributed by atoms with E-state index in [2.05, 4.69) is 36.5 Å². The van der Waals surface area contributed by atoms with E-state index < -0.39 is 23.0 Å². The van der Waals surface area contributed by atoms with Crippen LogP contribution in [0, 0.1) is 24.0 Å². The van der Waals surface area contributed by atoms with Gasteiger partial charge in [-0.05, 0) is 19.1 Å². The van der Waals surface area contributed by atoms with Crippen molar-refractivity contribution in [1.29, 1.82) is 0 Å². The molecule has 0 aliphatic carbocycles. The average molecular weight is 496 g/mol. The van der Waals surface area contributed by atoms with E-state index in [9.17, 15) is 13.6 Å². The van der Waals surface area contributed by atoms with Gasteiger partial charge in [-0.25, -0.2) is 18.7 Å². The molecular formula is C24H23F2N7OS. The van der Waals surface area contributed by atoms with Crippen molar-refractivity contribution in [1.82, 2.24) is 35.3 Å². The van der Waals surface area contributed by atoms with Crippen molar-refractivity contribution in [2.75, 3.05) is 6.54 Å². The van der Waals surface area contributed by atoms with Crippen LogP contribution in [0.2, 0.25) is 0 Å². The maximum absolute atomic E-state index is 14.0. The predicted molar refractivity (Wildman–Crippen MR) is 129 cm³/mol. The number of nitrogens with one attached hydrogen (secondary N) is 1. The van der Waals surface area contributed by atoms with Gasteiger partial charge in [0.05, 0.1) is 23.5 Å². The second-order valence-corrected chi connectivity index (χ2v) is 8.34. The van der Waals surface area contributed by atoms with Crippen molar-refractivity contribution in [3.63, 3.8) is 0 Å². The number of aromatic nitrogens is 6. The lowest BCUT2D eigenvalue weighted by molar-refractivity contribution is 0.0946. The number of halogens is 2. The van der Waals surface area contributed by atoms with Crippen LogP contribution in [-0.4, -0.2) is 42.4 Å². The summed E-state index contributed by atoms with van der Waals surface area (Å²) in [6.45, 7) is 6.06. The molecule has 11 heteroatoms. The first kappa shape index (κ1) is 25.6. The Morgan fingerprint density at radius 2 is 2.03 bits per heavy atom. The lowest BCUT2D eigenvalue weighted by Crippen LogP contribution is -2.40. The Morgan fingerprint density at radius 1 is 1.26 bits per heavy atom. The summed E-state index contributed by atoms with van der Waals surface area (Å²) < 4.78 is 28.8. The Labute approximate surface area is 205 Å². The van der Waals surface area contributed by atoms with E-state index in [0.29, 0.717) is 17.5 Å². The van der Waals surface area contributed by atoms with Gasteiger partial charge in [-0.3, -0.25) is 9.48 Å². The summed E-state index contributed by atoms with van der Waals surface area (Å²) in [5.41, 5.74) is 1.01. The van der Waals surface area contributed by atoms with Gasteiger partial charge in [-0.2, -0.15) is 5.10 Å². The van der Waals surface area contributed by atoms with Gasteiger partial charge in [0, 0.05) is 31.4 Å². The highest BCUT2D eigenvalue weighted by molar-refractivity contribution is 7.16. The minimum atomic E-state index is -0.887. The van der Waals surface area contributed by atoms with Crippen LogP contribution in [0.3, 0.4) is 0 Å². The van der Waals surface area contributed by atoms with Crippen LogP contribution in [0.15, 0.2) is 42.9 Å². The van der Waals surface area contributed by atoms with Crippen LogP contribution in [0.25, 0.3) is 10.7 Å². The molecule has 0 saturated heterocycles. The van der Waals surface area contributed by atoms with E-state index >= 15 is 0 Å². The maximum Gasteiger partial charge on any atom is 0.282 e. The third-order valence-corrected chi connectivity index (χ3v) is 5.97. The third kappa shape index (κ3) is 5.55. The fourth-order valence-electron chi connectivity index (χ4n) is 3.18. The van der Waals surface area contributed by atoms with Gasteiger partial charge in [0.15, 0.2) is 10.8 Å². The quantitative estimate of drug-likeness (QED) is 0.409. The molecule has 35 heavy (non-hydrogen) atoms. The van der Waals surface area contributed by atoms with Crippen molar-refractivity contribution in [3.05, 3.63) is 76.4 Å². The number of terminal acetylenes is 1. The molecule has 1 N–H and O–H groups in total. The molecule has 4 aromatic rings. The molecule has 0 bridgehead atoms. The standard InChI is InChI=1S/C22H17F2N7OS.C2H6/c1-4-15-6-5-7-17(28-15)22(2,13-9-27-31(3)11-13)12-26-19(32)21-30-29-20(33-21)18-16(24)8-14(23)10-25-18;1-2/h1,5-11H,12H2,2-3H3,(H,26,32);1-2H3. The molecule has 0 spiro atoms. The molecule has 0 saturated carbocycles. The van der Waals surface area contributed by atoms with Crippen LogP contribution >= 0.6 is 11.3 Å². The molecule has 1 amide bonds. The van der Waals surface area contributed by atoms with E-state index in [1.54, 1.807) is 30.1 Å². The number of aryl methyl sites for hydroxylation is 1. The van der Waals surface area contributed by atoms with Crippen molar-refractivity contribution < 1.29 is 13.6 Å². The smallest absolute Gasteiger partial charge is 0.282 e. The van der Waals surface area contributed by atoms with Gasteiger partial charge in [-0.15, -0.1) is 16.6 Å². The van der Waals surface area contributed by atoms with E-state index in [-0.39, 0.29) is 22.3 Å². The Morgan fingerprint density at radius 3 is 2.69 bits per heavy atom. The summed E-state index contributed by atoms with van der Waals surface area (Å²) in [5, 5.41) is 14.8. The molecular weight excluding hydrogens is 472 g/mol. The highest BCUT2D eigenvalue weighted by Gasteiger charge is 2.33. The number of carbonyl (C=O) groups excluding carboxylic acids is 1. The Kier molecular flexibility index (Phi) is 7.98. The molecule has 1 atom stereocenters. The Balaban J connectivity index is 0.00000167. The van der Waals surface area contributed by atoms with Crippen molar-refractivity contribution in [2.24, 2.45) is 7.05 Å². The van der Waals surface area contributed by atoms with Gasteiger partial charge in [0.2, 0.25) is 5.01 Å². The summed E-state index contributed by atoms with van der Waals surface area (Å²) in [6.07, 6.45) is 9.91. The van der Waals surface area contributed by atoms with Crippen molar-refractivity contribution in [2.45, 2.75) is 26.2 Å². The van der Waals surface area contributed by atoms with Gasteiger partial charge < -0.3 is 5.32 Å². The molecule has 180 valence electrons. The van der Waals surface area contributed by atoms with E-state index in [1.165, 1.54) is 0 Å². The number of hydrogen-bond acceptors (Lipinski definition) is 7. The van der Waals surface area contributed by atoms with Crippen LogP contribution in [0.1, 0.15) is 47.5 Å². The zero-order chi connectivity index (χ0) is 25.6. The monoisotopic (exact) mass is 495 g/mol. The molecule has 8 nitrogen and oxygen atoms in total. The number of amides is 1. The molecule has 4 aromatic heterocycles. The molecule has 0 radical (unpaired) electrons. The number of nitrogens with zero attached hydrogens (tertiary/aromatic N) is 6. The first-order valence-electron chi connectivity index (χ1n) is 10.7. The van der Waals surface area contributed by atoms with E-state index in [0.717, 1.165) is 23.1 Å². The summed E-state index contributed by atoms with van der Waals surface area (Å²) in [7, 11) is 1.79. The molecule has 0 fully saturated rings. The number of hydrogen-bond donors (Lipinski definition) is 1. The molecule has 0 aliphatic heterocycles. The van der Waals surface area contributed by atoms with Crippen molar-refractivity contribution >= 4 is 17.2 Å². The summed E-state index contributed by atoms with van der Waals surface area (Å²) in [5.74, 6) is 0.311.